The minimum atomic E-state index is -2.50. The summed E-state index contributed by atoms with van der Waals surface area (Å²) in [6.45, 7) is -6.58. The molecule has 0 radical (unpaired) electrons. The number of benzene rings is 1. The highest BCUT2D eigenvalue weighted by atomic mass is 32.1. The topological polar surface area (TPSA) is 201 Å². The fourth-order valence-electron chi connectivity index (χ4n) is 17.1. The van der Waals surface area contributed by atoms with E-state index in [0.29, 0.717) is 81.5 Å². The van der Waals surface area contributed by atoms with Crippen LogP contribution in [0.1, 0.15) is 44.9 Å². The van der Waals surface area contributed by atoms with Crippen molar-refractivity contribution in [3.8, 4) is 62.6 Å². The van der Waals surface area contributed by atoms with Crippen molar-refractivity contribution in [1.29, 1.82) is 0 Å². The molecule has 25 heteroatoms. The molecule has 0 saturated carbocycles. The van der Waals surface area contributed by atoms with Crippen LogP contribution >= 0.6 is 11.3 Å². The number of pyridine rings is 10. The lowest BCUT2D eigenvalue weighted by Gasteiger charge is -2.03. The average molecular weight is 1450 g/mol. The Labute approximate surface area is 634 Å². The minimum absolute atomic E-state index is 0.310. The molecular formula is C83H66N23OS+5. The second-order valence-electron chi connectivity index (χ2n) is 27.2. The van der Waals surface area contributed by atoms with E-state index in [2.05, 4.69) is 110 Å². The first-order valence-electron chi connectivity index (χ1n) is 40.9. The number of hydrogen-bond donors (Lipinski definition) is 0. The summed E-state index contributed by atoms with van der Waals surface area (Å²) in [6, 6.07) is 38.8. The smallest absolute Gasteiger partial charge is 0.339 e. The molecule has 21 aromatic rings. The van der Waals surface area contributed by atoms with E-state index in [0.717, 1.165) is 114 Å². The lowest BCUT2D eigenvalue weighted by atomic mass is 10.2. The molecule has 5 aliphatic heterocycles. The SMILES string of the molecule is Cn1c2[n+](c3oc4ccncc4c31)Cc1ncccc1-2.Cn1c2[n+](c3sc4ccncc4c31)Cc1ncccc1-2.[2H]C([2H])([2H])n1c2[n+](c3c1c1cnccc1n3-c1ccccc1)Cc1ncccc1-2.[2H]C([2H])([2H])n1c2[n+](c3c1c1cnccc1n3C([2H])([2H])[2H])Cc1ncccc1-2.[2H]C([2H])([2H])n1c2[n+](c3c1c1cnccc1n3C)Cc1ncccc1-2. The Morgan fingerprint density at radius 3 is 1.27 bits per heavy atom. The van der Waals surface area contributed by atoms with Crippen LogP contribution in [0.3, 0.4) is 0 Å². The number of aromatic nitrogens is 23. The minimum Gasteiger partial charge on any atom is -0.419 e. The second kappa shape index (κ2) is 23.1. The lowest BCUT2D eigenvalue weighted by Crippen LogP contribution is -2.33. The van der Waals surface area contributed by atoms with Gasteiger partial charge >= 0.3 is 5.71 Å². The summed E-state index contributed by atoms with van der Waals surface area (Å²) in [4.78, 5) is 44.6. The molecular weight excluding hydrogens is 1370 g/mol. The monoisotopic (exact) mass is 1440 g/mol. The predicted octanol–water partition coefficient (Wildman–Crippen LogP) is 11.3. The van der Waals surface area contributed by atoms with Gasteiger partial charge in [0.25, 0.3) is 28.6 Å². The first-order chi connectivity index (χ1) is 57.9. The molecule has 20 aromatic heterocycles. The normalized spacial score (nSPS) is 15.1. The molecule has 25 heterocycles. The highest BCUT2D eigenvalue weighted by Gasteiger charge is 2.41. The third-order valence-electron chi connectivity index (χ3n) is 21.6. The fourth-order valence-corrected chi connectivity index (χ4v) is 18.3. The zero-order valence-electron chi connectivity index (χ0n) is 69.8. The molecule has 26 rings (SSSR count). The molecule has 0 amide bonds. The highest BCUT2D eigenvalue weighted by molar-refractivity contribution is 7.25. The number of para-hydroxylation sites is 1. The maximum atomic E-state index is 8.30. The summed E-state index contributed by atoms with van der Waals surface area (Å²) in [5.74, 6) is 4.18. The van der Waals surface area contributed by atoms with Gasteiger partial charge in [-0.05, 0) is 97.1 Å². The zero-order valence-corrected chi connectivity index (χ0v) is 58.7. The van der Waals surface area contributed by atoms with Crippen molar-refractivity contribution in [2.24, 2.45) is 49.0 Å². The van der Waals surface area contributed by atoms with Crippen molar-refractivity contribution in [1.82, 2.24) is 86.4 Å². The molecule has 520 valence electrons. The van der Waals surface area contributed by atoms with E-state index in [9.17, 15) is 0 Å². The molecule has 0 unspecified atom stereocenters. The first kappa shape index (κ1) is 50.6. The van der Waals surface area contributed by atoms with Crippen LogP contribution in [0.15, 0.2) is 219 Å². The number of furan rings is 1. The summed E-state index contributed by atoms with van der Waals surface area (Å²) in [5.41, 5.74) is 20.8. The Bertz CT molecular complexity index is 7760. The molecule has 5 aliphatic rings. The first-order valence-corrected chi connectivity index (χ1v) is 35.7. The summed E-state index contributed by atoms with van der Waals surface area (Å²) in [6.07, 6.45) is 26.3. The van der Waals surface area contributed by atoms with Crippen molar-refractivity contribution in [3.63, 3.8) is 0 Å². The predicted molar refractivity (Wildman–Crippen MR) is 411 cm³/mol. The van der Waals surface area contributed by atoms with Crippen LogP contribution in [-0.4, -0.2) is 86.4 Å². The second-order valence-corrected chi connectivity index (χ2v) is 28.2. The molecule has 0 bridgehead atoms. The van der Waals surface area contributed by atoms with Crippen molar-refractivity contribution >= 4 is 120 Å². The summed E-state index contributed by atoms with van der Waals surface area (Å²) < 4.78 is 129. The van der Waals surface area contributed by atoms with Crippen LogP contribution in [0.25, 0.3) is 171 Å². The number of rotatable bonds is 1. The number of fused-ring (bicyclic) bond motifs is 35. The van der Waals surface area contributed by atoms with Gasteiger partial charge in [-0.2, -0.15) is 4.57 Å². The van der Waals surface area contributed by atoms with Gasteiger partial charge in [0.05, 0.1) is 149 Å². The van der Waals surface area contributed by atoms with Crippen molar-refractivity contribution in [2.45, 2.75) is 32.7 Å². The van der Waals surface area contributed by atoms with E-state index >= 15 is 0 Å². The van der Waals surface area contributed by atoms with Gasteiger partial charge in [0, 0.05) is 104 Å². The van der Waals surface area contributed by atoms with E-state index in [-0.39, 0.29) is 0 Å². The molecule has 0 N–H and O–H groups in total. The van der Waals surface area contributed by atoms with Gasteiger partial charge in [0.1, 0.15) is 60.5 Å². The third-order valence-corrected chi connectivity index (χ3v) is 22.8. The summed E-state index contributed by atoms with van der Waals surface area (Å²) in [5, 5.41) is 4.44. The van der Waals surface area contributed by atoms with E-state index in [1.54, 1.807) is 66.3 Å². The highest BCUT2D eigenvalue weighted by Crippen LogP contribution is 2.42. The fraction of sp³-hybridized carbons (Fsp3) is 0.145. The maximum Gasteiger partial charge on any atom is 0.339 e. The Hall–Kier alpha value is -13.8. The van der Waals surface area contributed by atoms with Gasteiger partial charge in [0.2, 0.25) is 27.8 Å². The van der Waals surface area contributed by atoms with Gasteiger partial charge in [-0.1, -0.05) is 29.5 Å². The average Bonchev–Trinajstić information content (AvgIpc) is 1.50. The van der Waals surface area contributed by atoms with Gasteiger partial charge in [-0.25, -0.2) is 32.0 Å². The van der Waals surface area contributed by atoms with E-state index in [4.69, 9.17) is 20.9 Å². The van der Waals surface area contributed by atoms with Crippen molar-refractivity contribution < 1.29 is 43.7 Å². The number of nitrogens with zero attached hydrogens (tertiary/aromatic N) is 23. The summed E-state index contributed by atoms with van der Waals surface area (Å²) >= 11 is 1.83. The van der Waals surface area contributed by atoms with Gasteiger partial charge in [0.15, 0.2) is 22.1 Å². The Balaban J connectivity index is 0.0000000906. The largest absolute Gasteiger partial charge is 0.419 e. The van der Waals surface area contributed by atoms with E-state index < -0.39 is 27.9 Å². The summed E-state index contributed by atoms with van der Waals surface area (Å²) in [7, 11) is 6.16. The Morgan fingerprint density at radius 2 is 0.741 bits per heavy atom. The Kier molecular flexibility index (Phi) is 10.8. The van der Waals surface area contributed by atoms with Crippen molar-refractivity contribution in [2.75, 3.05) is 0 Å². The molecule has 24 nitrogen and oxygen atoms in total. The molecule has 108 heavy (non-hydrogen) atoms. The molecule has 0 atom stereocenters. The van der Waals surface area contributed by atoms with Crippen LogP contribution in [0, 0.1) is 0 Å². The van der Waals surface area contributed by atoms with Gasteiger partial charge < -0.3 is 4.42 Å². The van der Waals surface area contributed by atoms with Crippen LogP contribution < -0.4 is 22.8 Å². The standard InChI is InChI=1S/C21H16N5.2C16H14N5.C15H11N4O.C15H11N4S/c1-24-19-16-12-22-11-9-18(16)26(14-6-3-2-4-7-14)21(19)25-13-17-15(20(24)25)8-5-10-23-17;2*1-19-13-5-7-17-8-11(13)14-16(19)21-9-12-10(4-3-6-18-12)15(21)20(14)2;2*1-18-13-10-7-16-6-4-12(10)20-15(13)19-8-11-9(14(18)19)3-2-5-17-11/h2-12H,13H2,1H3;2*3-8H,9H2,1-2H3;2*2-7H,8H2,1H3/q5*+1/i1D3;1D3,2D3;2D3;;. The van der Waals surface area contributed by atoms with Crippen LogP contribution in [0.4, 0.5) is 0 Å². The van der Waals surface area contributed by atoms with E-state index in [1.165, 1.54) is 68.0 Å². The number of aryl methyl sites for hydroxylation is 7. The number of imidazole rings is 5. The van der Waals surface area contributed by atoms with Gasteiger partial charge in [-0.3, -0.25) is 72.7 Å². The maximum absolute atomic E-state index is 8.30. The van der Waals surface area contributed by atoms with Crippen LogP contribution in [0.5, 0.6) is 0 Å². The third kappa shape index (κ3) is 8.51. The molecule has 0 saturated heterocycles. The molecule has 0 aliphatic carbocycles. The van der Waals surface area contributed by atoms with Crippen LogP contribution in [0.2, 0.25) is 0 Å². The molecule has 0 fully saturated rings. The van der Waals surface area contributed by atoms with E-state index in [1.807, 2.05) is 149 Å². The van der Waals surface area contributed by atoms with Crippen molar-refractivity contribution in [3.05, 3.63) is 243 Å². The number of hydrogen-bond acceptors (Lipinski definition) is 12. The lowest BCUT2D eigenvalue weighted by molar-refractivity contribution is -0.652. The van der Waals surface area contributed by atoms with Crippen LogP contribution in [-0.2, 0) is 81.8 Å². The molecule has 1 aromatic carbocycles. The zero-order chi connectivity index (χ0) is 82.1. The van der Waals surface area contributed by atoms with Gasteiger partial charge in [-0.15, -0.1) is 0 Å². The Morgan fingerprint density at radius 1 is 0.343 bits per heavy atom. The quantitative estimate of drug-likeness (QED) is 0.142. The number of thiophene rings is 1. The molecule has 0 spiro atoms.